The van der Waals surface area contributed by atoms with Crippen LogP contribution in [0.3, 0.4) is 0 Å². The highest BCUT2D eigenvalue weighted by molar-refractivity contribution is 5.81. The molecule has 0 spiro atoms. The first-order chi connectivity index (χ1) is 19.2. The van der Waals surface area contributed by atoms with Gasteiger partial charge in [0, 0.05) is 39.8 Å². The van der Waals surface area contributed by atoms with Gasteiger partial charge in [0.15, 0.2) is 0 Å². The average Bonchev–Trinajstić information content (AvgIpc) is 3.00. The molecule has 39 heavy (non-hydrogen) atoms. The Bertz CT molecular complexity index is 1530. The molecule has 3 aliphatic rings. The zero-order valence-corrected chi connectivity index (χ0v) is 22.7. The number of nitrogens with one attached hydrogen (secondary N) is 2. The molecule has 6 rings (SSSR count). The van der Waals surface area contributed by atoms with Gasteiger partial charge in [0.05, 0.1) is 0 Å². The first kappa shape index (κ1) is 25.0. The smallest absolute Gasteiger partial charge is 0.0463 e. The van der Waals surface area contributed by atoms with Crippen LogP contribution < -0.4 is 10.6 Å². The lowest BCUT2D eigenvalue weighted by molar-refractivity contribution is 0.786. The summed E-state index contributed by atoms with van der Waals surface area (Å²) in [5.74, 6) is 0.333. The van der Waals surface area contributed by atoms with E-state index in [0.29, 0.717) is 5.92 Å². The number of benzene rings is 3. The monoisotopic (exact) mass is 508 g/mol. The van der Waals surface area contributed by atoms with Gasteiger partial charge < -0.3 is 10.6 Å². The van der Waals surface area contributed by atoms with Crippen LogP contribution in [-0.4, -0.2) is 0 Å². The van der Waals surface area contributed by atoms with Gasteiger partial charge in [0.25, 0.3) is 0 Å². The molecule has 0 amide bonds. The predicted octanol–water partition coefficient (Wildman–Crippen LogP) is 9.80. The number of allylic oxidation sites excluding steroid dienone is 10. The van der Waals surface area contributed by atoms with E-state index in [1.807, 2.05) is 0 Å². The van der Waals surface area contributed by atoms with Gasteiger partial charge in [0.2, 0.25) is 0 Å². The van der Waals surface area contributed by atoms with E-state index in [2.05, 4.69) is 139 Å². The van der Waals surface area contributed by atoms with Crippen molar-refractivity contribution in [3.05, 3.63) is 155 Å². The Hall–Kier alpha value is -4.30. The zero-order chi connectivity index (χ0) is 26.4. The number of anilines is 2. The van der Waals surface area contributed by atoms with Crippen LogP contribution in [0.2, 0.25) is 0 Å². The Morgan fingerprint density at radius 2 is 1.69 bits per heavy atom. The summed E-state index contributed by atoms with van der Waals surface area (Å²) in [5, 5.41) is 7.41. The first-order valence-corrected chi connectivity index (χ1v) is 14.2. The van der Waals surface area contributed by atoms with Crippen molar-refractivity contribution < 1.29 is 0 Å². The van der Waals surface area contributed by atoms with Crippen LogP contribution in [0.1, 0.15) is 49.1 Å². The van der Waals surface area contributed by atoms with Crippen molar-refractivity contribution in [1.29, 1.82) is 0 Å². The fourth-order valence-electron chi connectivity index (χ4n) is 5.58. The minimum atomic E-state index is 0.333. The zero-order valence-electron chi connectivity index (χ0n) is 22.7. The van der Waals surface area contributed by atoms with Gasteiger partial charge >= 0.3 is 0 Å². The lowest BCUT2D eigenvalue weighted by Gasteiger charge is -2.26. The van der Waals surface area contributed by atoms with E-state index in [-0.39, 0.29) is 0 Å². The summed E-state index contributed by atoms with van der Waals surface area (Å²) in [4.78, 5) is 0. The third-order valence-corrected chi connectivity index (χ3v) is 7.73. The van der Waals surface area contributed by atoms with Gasteiger partial charge in [-0.15, -0.1) is 0 Å². The Morgan fingerprint density at radius 3 is 2.51 bits per heavy atom. The van der Waals surface area contributed by atoms with Crippen LogP contribution in [0.25, 0.3) is 11.1 Å². The Morgan fingerprint density at radius 1 is 0.795 bits per heavy atom. The highest BCUT2D eigenvalue weighted by Gasteiger charge is 2.21. The molecule has 0 saturated heterocycles. The summed E-state index contributed by atoms with van der Waals surface area (Å²) >= 11 is 0. The molecule has 3 aromatic carbocycles. The van der Waals surface area contributed by atoms with Crippen molar-refractivity contribution >= 4 is 11.4 Å². The van der Waals surface area contributed by atoms with Crippen molar-refractivity contribution in [2.24, 2.45) is 0 Å². The van der Waals surface area contributed by atoms with E-state index < -0.39 is 0 Å². The minimum absolute atomic E-state index is 0.333. The van der Waals surface area contributed by atoms with Gasteiger partial charge in [-0.3, -0.25) is 0 Å². The third-order valence-electron chi connectivity index (χ3n) is 7.73. The highest BCUT2D eigenvalue weighted by Crippen LogP contribution is 2.38. The predicted molar refractivity (Wildman–Crippen MR) is 166 cm³/mol. The summed E-state index contributed by atoms with van der Waals surface area (Å²) in [5.41, 5.74) is 12.5. The van der Waals surface area contributed by atoms with Gasteiger partial charge in [-0.05, 0) is 80.0 Å². The lowest BCUT2D eigenvalue weighted by Crippen LogP contribution is -2.19. The van der Waals surface area contributed by atoms with E-state index in [1.54, 1.807) is 0 Å². The molecule has 0 bridgehead atoms. The summed E-state index contributed by atoms with van der Waals surface area (Å²) < 4.78 is 0. The van der Waals surface area contributed by atoms with E-state index in [1.165, 1.54) is 44.8 Å². The Kier molecular flexibility index (Phi) is 7.45. The van der Waals surface area contributed by atoms with Gasteiger partial charge in [-0.1, -0.05) is 103 Å². The molecule has 3 aromatic rings. The maximum atomic E-state index is 3.77. The van der Waals surface area contributed by atoms with E-state index in [0.717, 1.165) is 43.5 Å². The molecule has 2 nitrogen and oxygen atoms in total. The molecule has 0 fully saturated rings. The lowest BCUT2D eigenvalue weighted by atomic mass is 9.83. The second-order valence-electron chi connectivity index (χ2n) is 10.6. The van der Waals surface area contributed by atoms with Crippen LogP contribution in [0.15, 0.2) is 144 Å². The SMILES string of the molecule is Cc1ccc(Nc2ccccc2-c2cccc(C3C=C(C4=CCCC=C4)C(NC4=CC=CCC4)=CC3)c2)cc1. The van der Waals surface area contributed by atoms with Crippen molar-refractivity contribution in [2.75, 3.05) is 5.32 Å². The van der Waals surface area contributed by atoms with Crippen molar-refractivity contribution in [3.63, 3.8) is 0 Å². The molecule has 3 aliphatic carbocycles. The summed E-state index contributed by atoms with van der Waals surface area (Å²) in [6.07, 6.45) is 23.9. The van der Waals surface area contributed by atoms with Crippen molar-refractivity contribution in [2.45, 2.75) is 44.9 Å². The molecule has 0 saturated carbocycles. The molecule has 1 atom stereocenters. The van der Waals surface area contributed by atoms with Gasteiger partial charge in [0.1, 0.15) is 0 Å². The Labute approximate surface area is 232 Å². The maximum Gasteiger partial charge on any atom is 0.0463 e. The first-order valence-electron chi connectivity index (χ1n) is 14.2. The van der Waals surface area contributed by atoms with Crippen molar-refractivity contribution in [3.8, 4) is 11.1 Å². The molecule has 2 heteroatoms. The molecular formula is C37H36N2. The van der Waals surface area contributed by atoms with Crippen LogP contribution in [0, 0.1) is 6.92 Å². The Balaban J connectivity index is 1.30. The van der Waals surface area contributed by atoms with Crippen LogP contribution in [0.4, 0.5) is 11.4 Å². The van der Waals surface area contributed by atoms with Gasteiger partial charge in [-0.25, -0.2) is 0 Å². The molecule has 0 radical (unpaired) electrons. The molecule has 0 heterocycles. The number of para-hydroxylation sites is 1. The van der Waals surface area contributed by atoms with E-state index in [4.69, 9.17) is 0 Å². The quantitative estimate of drug-likeness (QED) is 0.332. The number of hydrogen-bond donors (Lipinski definition) is 2. The average molecular weight is 509 g/mol. The fraction of sp³-hybridized carbons (Fsp3) is 0.189. The summed E-state index contributed by atoms with van der Waals surface area (Å²) in [7, 11) is 0. The molecule has 0 aliphatic heterocycles. The standard InChI is InChI=1S/C37H36N2/c1-27-19-22-33(23-20-27)39-36-18-9-8-17-34(36)31-14-10-13-29(25-31)30-21-24-37(38-32-15-6-3-7-16-32)35(26-30)28-11-4-2-5-12-28/h3-4,6,8-15,17-20,22-26,30,38-39H,2,5,7,16,21H2,1H3. The largest absolute Gasteiger partial charge is 0.359 e. The third kappa shape index (κ3) is 5.91. The highest BCUT2D eigenvalue weighted by atomic mass is 14.9. The summed E-state index contributed by atoms with van der Waals surface area (Å²) in [6, 6.07) is 26.3. The van der Waals surface area contributed by atoms with Crippen LogP contribution in [-0.2, 0) is 0 Å². The van der Waals surface area contributed by atoms with Crippen molar-refractivity contribution in [1.82, 2.24) is 5.32 Å². The van der Waals surface area contributed by atoms with Crippen LogP contribution in [0.5, 0.6) is 0 Å². The fourth-order valence-corrected chi connectivity index (χ4v) is 5.58. The molecule has 2 N–H and O–H groups in total. The van der Waals surface area contributed by atoms with E-state index >= 15 is 0 Å². The summed E-state index contributed by atoms with van der Waals surface area (Å²) in [6.45, 7) is 2.12. The molecule has 0 aromatic heterocycles. The number of aryl methyl sites for hydroxylation is 1. The van der Waals surface area contributed by atoms with Gasteiger partial charge in [-0.2, -0.15) is 0 Å². The maximum absolute atomic E-state index is 3.77. The topological polar surface area (TPSA) is 24.1 Å². The molecular weight excluding hydrogens is 472 g/mol. The molecule has 194 valence electrons. The number of rotatable bonds is 7. The van der Waals surface area contributed by atoms with Crippen LogP contribution >= 0.6 is 0 Å². The minimum Gasteiger partial charge on any atom is -0.359 e. The molecule has 1 unspecified atom stereocenters. The second-order valence-corrected chi connectivity index (χ2v) is 10.6. The second kappa shape index (κ2) is 11.6. The number of hydrogen-bond acceptors (Lipinski definition) is 2. The van der Waals surface area contributed by atoms with E-state index in [9.17, 15) is 0 Å². The normalized spacial score (nSPS) is 18.5.